The minimum Gasteiger partial charge on any atom is -0.508 e. The average Bonchev–Trinajstić information content (AvgIpc) is 2.99. The average molecular weight is 581 g/mol. The molecule has 0 fully saturated rings. The summed E-state index contributed by atoms with van der Waals surface area (Å²) in [5, 5.41) is 23.0. The van der Waals surface area contributed by atoms with Crippen molar-refractivity contribution in [3.8, 4) is 34.5 Å². The van der Waals surface area contributed by atoms with Crippen molar-refractivity contribution in [3.63, 3.8) is 0 Å². The zero-order chi connectivity index (χ0) is 29.7. The minimum absolute atomic E-state index is 0.0706. The summed E-state index contributed by atoms with van der Waals surface area (Å²) in [6.07, 6.45) is 3.13. The van der Waals surface area contributed by atoms with Crippen molar-refractivity contribution in [2.24, 2.45) is 0 Å². The molecule has 3 aromatic rings. The molecule has 0 radical (unpaired) electrons. The van der Waals surface area contributed by atoms with E-state index in [-0.39, 0.29) is 28.8 Å². The summed E-state index contributed by atoms with van der Waals surface area (Å²) < 4.78 is 35.4. The molecule has 0 heterocycles. The number of hydrogen-bond acceptors (Lipinski definition) is 9. The van der Waals surface area contributed by atoms with Crippen LogP contribution in [0.3, 0.4) is 0 Å². The second-order valence-electron chi connectivity index (χ2n) is 9.03. The molecule has 0 bridgehead atoms. The van der Waals surface area contributed by atoms with Gasteiger partial charge in [-0.2, -0.15) is 0 Å². The molecule has 0 atom stereocenters. The monoisotopic (exact) mass is 580 g/mol. The van der Waals surface area contributed by atoms with Gasteiger partial charge >= 0.3 is 0 Å². The lowest BCUT2D eigenvalue weighted by Crippen LogP contribution is -2.32. The molecule has 2 N–H and O–H groups in total. The number of methoxy groups -OCH3 is 6. The highest BCUT2D eigenvalue weighted by molar-refractivity contribution is 7.90. The highest BCUT2D eigenvalue weighted by Gasteiger charge is 2.43. The first-order chi connectivity index (χ1) is 19.8. The van der Waals surface area contributed by atoms with Crippen molar-refractivity contribution >= 4 is 28.6 Å². The Bertz CT molecular complexity index is 1430. The third-order valence-corrected chi connectivity index (χ3v) is 11.2. The standard InChI is InChI=1S/C31H33O9P/c1-35-23-12-20(32)13-24(36-2)29(23)41(18-19-10-8-7-9-11-19,30-25(37-3)14-21(33)15-26(30)38-4)31-27(39-5)16-22(34)17-28(31)40-6/h7-17,32-33H,18H2,1-6H3. The second-order valence-corrected chi connectivity index (χ2v) is 12.3. The Morgan fingerprint density at radius 3 is 1.34 bits per heavy atom. The SMILES string of the molecule is COC1=CC(=O)C=C(OC)C1=P(Cc1ccccc1)(c1c(OC)cc(O)cc1OC)c1c(OC)cc(O)cc1OC. The number of ketones is 1. The van der Waals surface area contributed by atoms with Crippen molar-refractivity contribution in [1.82, 2.24) is 0 Å². The van der Waals surface area contributed by atoms with Crippen molar-refractivity contribution < 1.29 is 43.4 Å². The Balaban J connectivity index is 2.46. The number of benzene rings is 3. The van der Waals surface area contributed by atoms with E-state index in [4.69, 9.17) is 28.4 Å². The predicted octanol–water partition coefficient (Wildman–Crippen LogP) is 4.12. The van der Waals surface area contributed by atoms with Crippen LogP contribution in [0.5, 0.6) is 34.5 Å². The maximum atomic E-state index is 12.8. The highest BCUT2D eigenvalue weighted by atomic mass is 31.2. The first-order valence-electron chi connectivity index (χ1n) is 12.5. The number of phenolic OH excluding ortho intramolecular Hbond substituents is 2. The molecule has 0 aliphatic heterocycles. The third-order valence-electron chi connectivity index (χ3n) is 6.79. The van der Waals surface area contributed by atoms with Crippen molar-refractivity contribution in [3.05, 3.63) is 83.8 Å². The molecule has 1 aliphatic rings. The molecule has 10 heteroatoms. The molecule has 9 nitrogen and oxygen atoms in total. The lowest BCUT2D eigenvalue weighted by molar-refractivity contribution is -0.110. The fourth-order valence-corrected chi connectivity index (χ4v) is 10.3. The first-order valence-corrected chi connectivity index (χ1v) is 14.5. The van der Waals surface area contributed by atoms with E-state index in [9.17, 15) is 15.0 Å². The fourth-order valence-electron chi connectivity index (χ4n) is 5.19. The van der Waals surface area contributed by atoms with Crippen LogP contribution < -0.4 is 29.6 Å². The summed E-state index contributed by atoms with van der Waals surface area (Å²) >= 11 is 0. The van der Waals surface area contributed by atoms with Crippen LogP contribution in [0, 0.1) is 0 Å². The van der Waals surface area contributed by atoms with E-state index in [2.05, 4.69) is 0 Å². The Labute approximate surface area is 239 Å². The Morgan fingerprint density at radius 2 is 1.00 bits per heavy atom. The van der Waals surface area contributed by atoms with E-state index in [0.717, 1.165) is 5.56 Å². The first kappa shape index (κ1) is 29.5. The van der Waals surface area contributed by atoms with Crippen LogP contribution in [0.15, 0.2) is 78.3 Å². The van der Waals surface area contributed by atoms with E-state index in [0.29, 0.717) is 45.1 Å². The Morgan fingerprint density at radius 1 is 0.610 bits per heavy atom. The topological polar surface area (TPSA) is 113 Å². The van der Waals surface area contributed by atoms with Gasteiger partial charge in [-0.1, -0.05) is 30.3 Å². The maximum Gasteiger partial charge on any atom is 0.186 e. The molecule has 0 spiro atoms. The van der Waals surface area contributed by atoms with E-state index < -0.39 is 6.89 Å². The van der Waals surface area contributed by atoms with Gasteiger partial charge in [0.1, 0.15) is 46.0 Å². The smallest absolute Gasteiger partial charge is 0.186 e. The summed E-state index contributed by atoms with van der Waals surface area (Å²) in [6, 6.07) is 15.7. The number of phenols is 2. The van der Waals surface area contributed by atoms with Gasteiger partial charge in [0.05, 0.1) is 58.6 Å². The number of aromatic hydroxyl groups is 2. The fraction of sp³-hybridized carbons (Fsp3) is 0.226. The lowest BCUT2D eigenvalue weighted by Gasteiger charge is -2.37. The molecule has 1 aliphatic carbocycles. The van der Waals surface area contributed by atoms with Gasteiger partial charge in [-0.25, -0.2) is 0 Å². The van der Waals surface area contributed by atoms with Crippen LogP contribution in [-0.4, -0.2) is 63.9 Å². The van der Waals surface area contributed by atoms with Crippen LogP contribution in [0.4, 0.5) is 0 Å². The molecule has 0 saturated carbocycles. The summed E-state index contributed by atoms with van der Waals surface area (Å²) in [6.45, 7) is -3.27. The number of allylic oxidation sites excluding steroid dienone is 2. The van der Waals surface area contributed by atoms with Crippen LogP contribution in [0.1, 0.15) is 5.56 Å². The number of rotatable bonds is 10. The molecule has 0 aromatic heterocycles. The van der Waals surface area contributed by atoms with E-state index in [1.54, 1.807) is 0 Å². The second kappa shape index (κ2) is 12.4. The quantitative estimate of drug-likeness (QED) is 0.342. The Kier molecular flexibility index (Phi) is 8.89. The van der Waals surface area contributed by atoms with Gasteiger partial charge < -0.3 is 38.6 Å². The largest absolute Gasteiger partial charge is 0.508 e. The molecular formula is C31H33O9P. The molecule has 0 unspecified atom stereocenters. The van der Waals surface area contributed by atoms with Crippen molar-refractivity contribution in [2.45, 2.75) is 6.16 Å². The minimum atomic E-state index is -3.27. The van der Waals surface area contributed by atoms with Gasteiger partial charge in [0, 0.05) is 42.6 Å². The number of carbonyl (C=O) groups excluding carboxylic acids is 1. The van der Waals surface area contributed by atoms with Gasteiger partial charge in [0.15, 0.2) is 5.78 Å². The normalized spacial score (nSPS) is 13.2. The van der Waals surface area contributed by atoms with Gasteiger partial charge in [0.25, 0.3) is 0 Å². The number of carbonyl (C=O) groups is 1. The molecule has 41 heavy (non-hydrogen) atoms. The van der Waals surface area contributed by atoms with Crippen LogP contribution in [-0.2, 0) is 20.4 Å². The molecule has 0 saturated heterocycles. The van der Waals surface area contributed by atoms with Crippen LogP contribution >= 0.6 is 6.89 Å². The molecule has 4 rings (SSSR count). The zero-order valence-electron chi connectivity index (χ0n) is 23.8. The summed E-state index contributed by atoms with van der Waals surface area (Å²) in [4.78, 5) is 12.8. The van der Waals surface area contributed by atoms with Gasteiger partial charge in [-0.05, 0) is 12.4 Å². The number of ether oxygens (including phenoxy) is 6. The van der Waals surface area contributed by atoms with Crippen molar-refractivity contribution in [2.75, 3.05) is 42.7 Å². The van der Waals surface area contributed by atoms with Gasteiger partial charge in [0.2, 0.25) is 0 Å². The molecule has 0 amide bonds. The summed E-state index contributed by atoms with van der Waals surface area (Å²) in [5.74, 6) is 1.36. The number of hydrogen-bond donors (Lipinski definition) is 2. The van der Waals surface area contributed by atoms with Crippen molar-refractivity contribution in [1.29, 1.82) is 0 Å². The van der Waals surface area contributed by atoms with Crippen LogP contribution in [0.2, 0.25) is 0 Å². The summed E-state index contributed by atoms with van der Waals surface area (Å²) in [7, 11) is 8.94. The molecular weight excluding hydrogens is 547 g/mol. The van der Waals surface area contributed by atoms with Gasteiger partial charge in [-0.3, -0.25) is 4.79 Å². The van der Waals surface area contributed by atoms with E-state index >= 15 is 0 Å². The highest BCUT2D eigenvalue weighted by Crippen LogP contribution is 2.61. The zero-order valence-corrected chi connectivity index (χ0v) is 24.7. The lowest BCUT2D eigenvalue weighted by atomic mass is 10.1. The van der Waals surface area contributed by atoms with E-state index in [1.165, 1.54) is 79.1 Å². The summed E-state index contributed by atoms with van der Waals surface area (Å²) in [5.41, 5.74) is 0.922. The molecule has 216 valence electrons. The maximum absolute atomic E-state index is 12.8. The molecule has 3 aromatic carbocycles. The predicted molar refractivity (Wildman–Crippen MR) is 159 cm³/mol. The van der Waals surface area contributed by atoms with E-state index in [1.807, 2.05) is 30.3 Å². The Hall–Kier alpha value is -4.49. The van der Waals surface area contributed by atoms with Gasteiger partial charge in [-0.15, -0.1) is 0 Å². The third kappa shape index (κ3) is 5.33. The van der Waals surface area contributed by atoms with Crippen LogP contribution in [0.25, 0.3) is 0 Å².